The fourth-order valence-corrected chi connectivity index (χ4v) is 5.87. The van der Waals surface area contributed by atoms with Crippen molar-refractivity contribution in [2.24, 2.45) is 5.73 Å². The molecule has 0 spiro atoms. The van der Waals surface area contributed by atoms with E-state index in [9.17, 15) is 17.6 Å². The first kappa shape index (κ1) is 19.4. The monoisotopic (exact) mass is 394 g/mol. The van der Waals surface area contributed by atoms with Crippen LogP contribution in [0.4, 0.5) is 4.39 Å². The van der Waals surface area contributed by atoms with Crippen LogP contribution in [-0.2, 0) is 19.4 Å². The van der Waals surface area contributed by atoms with Crippen LogP contribution in [0.1, 0.15) is 44.4 Å². The predicted octanol–water partition coefficient (Wildman–Crippen LogP) is 2.61. The van der Waals surface area contributed by atoms with Crippen LogP contribution in [0.2, 0.25) is 0 Å². The minimum absolute atomic E-state index is 0.171. The number of benzene rings is 1. The lowest BCUT2D eigenvalue weighted by Gasteiger charge is -2.45. The van der Waals surface area contributed by atoms with Gasteiger partial charge in [0.15, 0.2) is 14.6 Å². The summed E-state index contributed by atoms with van der Waals surface area (Å²) in [5.74, 6) is -2.39. The fourth-order valence-electron chi connectivity index (χ4n) is 4.01. The fraction of sp³-hybridized carbons (Fsp3) is 0.421. The topological polar surface area (TPSA) is 102 Å². The van der Waals surface area contributed by atoms with E-state index in [0.717, 1.165) is 0 Å². The van der Waals surface area contributed by atoms with Gasteiger partial charge in [-0.05, 0) is 50.6 Å². The van der Waals surface area contributed by atoms with E-state index >= 15 is 0 Å². The average Bonchev–Trinajstić information content (AvgIpc) is 3.09. The van der Waals surface area contributed by atoms with Crippen LogP contribution in [0.25, 0.3) is 0 Å². The first-order chi connectivity index (χ1) is 12.5. The number of aromatic amines is 1. The van der Waals surface area contributed by atoms with Crippen molar-refractivity contribution in [2.45, 2.75) is 43.5 Å². The summed E-state index contributed by atoms with van der Waals surface area (Å²) >= 11 is 0. The number of primary amides is 1. The number of carbonyl (C=O) groups is 1. The molecule has 1 aromatic carbocycles. The van der Waals surface area contributed by atoms with Gasteiger partial charge in [0.25, 0.3) is 0 Å². The normalized spacial score (nSPS) is 21.0. The van der Waals surface area contributed by atoms with Crippen molar-refractivity contribution in [3.05, 3.63) is 53.6 Å². The van der Waals surface area contributed by atoms with E-state index in [2.05, 4.69) is 4.98 Å². The van der Waals surface area contributed by atoms with Crippen LogP contribution in [0, 0.1) is 5.82 Å². The third-order valence-electron chi connectivity index (χ3n) is 5.15. The Morgan fingerprint density at radius 2 is 2.11 bits per heavy atom. The Hall–Kier alpha value is -2.35. The van der Waals surface area contributed by atoms with Gasteiger partial charge >= 0.3 is 0 Å². The summed E-state index contributed by atoms with van der Waals surface area (Å²) in [4.78, 5) is 15.7. The summed E-state index contributed by atoms with van der Waals surface area (Å²) in [6.45, 7) is 5.06. The largest absolute Gasteiger partial charge is 0.488 e. The zero-order valence-corrected chi connectivity index (χ0v) is 16.3. The molecular formula is C19H23FN2O4S. The number of fused-ring (bicyclic) bond motifs is 1. The second-order valence-electron chi connectivity index (χ2n) is 7.39. The summed E-state index contributed by atoms with van der Waals surface area (Å²) in [5.41, 5.74) is 5.49. The van der Waals surface area contributed by atoms with Gasteiger partial charge in [-0.3, -0.25) is 4.79 Å². The van der Waals surface area contributed by atoms with Crippen molar-refractivity contribution in [1.82, 2.24) is 4.98 Å². The highest BCUT2D eigenvalue weighted by Gasteiger charge is 2.60. The maximum absolute atomic E-state index is 14.0. The Balaban J connectivity index is 2.41. The molecule has 0 bridgehead atoms. The van der Waals surface area contributed by atoms with E-state index in [1.54, 1.807) is 19.9 Å². The first-order valence-corrected chi connectivity index (χ1v) is 10.3. The lowest BCUT2D eigenvalue weighted by atomic mass is 9.74. The van der Waals surface area contributed by atoms with Gasteiger partial charge in [0.05, 0.1) is 0 Å². The van der Waals surface area contributed by atoms with Crippen molar-refractivity contribution < 1.29 is 22.3 Å². The van der Waals surface area contributed by atoms with Gasteiger partial charge in [0.1, 0.15) is 17.2 Å². The summed E-state index contributed by atoms with van der Waals surface area (Å²) < 4.78 is 44.5. The summed E-state index contributed by atoms with van der Waals surface area (Å²) in [5, 5.41) is 0. The van der Waals surface area contributed by atoms with Crippen molar-refractivity contribution in [1.29, 1.82) is 0 Å². The van der Waals surface area contributed by atoms with Crippen molar-refractivity contribution in [2.75, 3.05) is 5.75 Å². The minimum atomic E-state index is -4.03. The third kappa shape index (κ3) is 2.92. The number of hydrogen-bond acceptors (Lipinski definition) is 4. The standard InChI is InChI=1S/C19H23FN2O4S/c1-4-27(24,25)19(17(21)23,16-6-5-9-22-16)14-11-18(2,3)26-15-8-7-12(20)10-13(14)15/h5-10,14,22H,4,11H2,1-3H3,(H2,21,23). The Bertz CT molecular complexity index is 970. The van der Waals surface area contributed by atoms with Crippen molar-refractivity contribution in [3.8, 4) is 5.75 Å². The molecule has 2 aromatic rings. The van der Waals surface area contributed by atoms with Gasteiger partial charge < -0.3 is 15.5 Å². The molecule has 1 amide bonds. The number of rotatable bonds is 5. The summed E-state index contributed by atoms with van der Waals surface area (Å²) in [7, 11) is -4.03. The summed E-state index contributed by atoms with van der Waals surface area (Å²) in [6.07, 6.45) is 1.71. The molecular weight excluding hydrogens is 371 g/mol. The van der Waals surface area contributed by atoms with Gasteiger partial charge in [-0.2, -0.15) is 0 Å². The van der Waals surface area contributed by atoms with Crippen LogP contribution < -0.4 is 10.5 Å². The Labute approximate surface area is 157 Å². The molecule has 146 valence electrons. The molecule has 0 saturated heterocycles. The summed E-state index contributed by atoms with van der Waals surface area (Å²) in [6, 6.07) is 7.05. The van der Waals surface area contributed by atoms with Crippen LogP contribution >= 0.6 is 0 Å². The highest BCUT2D eigenvalue weighted by atomic mass is 32.2. The van der Waals surface area contributed by atoms with Gasteiger partial charge in [-0.1, -0.05) is 6.92 Å². The van der Waals surface area contributed by atoms with Crippen molar-refractivity contribution in [3.63, 3.8) is 0 Å². The Kier molecular flexibility index (Phi) is 4.58. The second-order valence-corrected chi connectivity index (χ2v) is 9.84. The number of hydrogen-bond donors (Lipinski definition) is 2. The quantitative estimate of drug-likeness (QED) is 0.814. The van der Waals surface area contributed by atoms with Gasteiger partial charge in [0, 0.05) is 29.1 Å². The molecule has 0 fully saturated rings. The molecule has 8 heteroatoms. The number of sulfone groups is 1. The lowest BCUT2D eigenvalue weighted by molar-refractivity contribution is -0.122. The number of carbonyl (C=O) groups excluding carboxylic acids is 1. The van der Waals surface area contributed by atoms with E-state index in [0.29, 0.717) is 11.3 Å². The van der Waals surface area contributed by atoms with Crippen LogP contribution in [0.15, 0.2) is 36.5 Å². The maximum Gasteiger partial charge on any atom is 0.245 e. The SMILES string of the molecule is CCS(=O)(=O)C(C(N)=O)(c1ccc[nH]1)C1CC(C)(C)Oc2ccc(F)cc21. The Morgan fingerprint density at radius 1 is 1.41 bits per heavy atom. The molecule has 2 heterocycles. The number of nitrogens with one attached hydrogen (secondary N) is 1. The number of ether oxygens (including phenoxy) is 1. The van der Waals surface area contributed by atoms with Crippen LogP contribution in [-0.4, -0.2) is 30.7 Å². The number of H-pyrrole nitrogens is 1. The van der Waals surface area contributed by atoms with E-state index in [-0.39, 0.29) is 17.9 Å². The molecule has 3 N–H and O–H groups in total. The lowest BCUT2D eigenvalue weighted by Crippen LogP contribution is -2.55. The third-order valence-corrected chi connectivity index (χ3v) is 7.60. The first-order valence-electron chi connectivity index (χ1n) is 8.69. The highest BCUT2D eigenvalue weighted by Crippen LogP contribution is 2.53. The van der Waals surface area contributed by atoms with E-state index < -0.39 is 37.8 Å². The smallest absolute Gasteiger partial charge is 0.245 e. The zero-order valence-electron chi connectivity index (χ0n) is 15.5. The molecule has 0 aliphatic carbocycles. The maximum atomic E-state index is 14.0. The van der Waals surface area contributed by atoms with Crippen LogP contribution in [0.5, 0.6) is 5.75 Å². The molecule has 6 nitrogen and oxygen atoms in total. The number of aromatic nitrogens is 1. The second kappa shape index (κ2) is 6.37. The van der Waals surface area contributed by atoms with E-state index in [1.165, 1.54) is 37.4 Å². The van der Waals surface area contributed by atoms with Gasteiger partial charge in [-0.15, -0.1) is 0 Å². The van der Waals surface area contributed by atoms with Gasteiger partial charge in [0.2, 0.25) is 5.91 Å². The molecule has 0 radical (unpaired) electrons. The van der Waals surface area contributed by atoms with E-state index in [1.807, 2.05) is 0 Å². The zero-order chi connectivity index (χ0) is 20.0. The molecule has 3 rings (SSSR count). The van der Waals surface area contributed by atoms with Gasteiger partial charge in [-0.25, -0.2) is 12.8 Å². The highest BCUT2D eigenvalue weighted by molar-refractivity contribution is 7.93. The van der Waals surface area contributed by atoms with Crippen molar-refractivity contribution >= 4 is 15.7 Å². The molecule has 1 aliphatic heterocycles. The molecule has 1 aliphatic rings. The van der Waals surface area contributed by atoms with Crippen LogP contribution in [0.3, 0.4) is 0 Å². The molecule has 2 unspecified atom stereocenters. The van der Waals surface area contributed by atoms with E-state index in [4.69, 9.17) is 10.5 Å². The number of nitrogens with two attached hydrogens (primary N) is 1. The molecule has 0 saturated carbocycles. The molecule has 2 atom stereocenters. The molecule has 27 heavy (non-hydrogen) atoms. The number of halogens is 1. The molecule has 1 aromatic heterocycles. The minimum Gasteiger partial charge on any atom is -0.488 e. The Morgan fingerprint density at radius 3 is 2.67 bits per heavy atom. The predicted molar refractivity (Wildman–Crippen MR) is 99.6 cm³/mol. The number of amides is 1. The average molecular weight is 394 g/mol.